The fraction of sp³-hybridized carbons (Fsp3) is 0.200. The quantitative estimate of drug-likeness (QED) is 0.807. The molecule has 0 aliphatic carbocycles. The summed E-state index contributed by atoms with van der Waals surface area (Å²) in [4.78, 5) is 0. The summed E-state index contributed by atoms with van der Waals surface area (Å²) >= 11 is 0. The van der Waals surface area contributed by atoms with E-state index in [0.717, 1.165) is 0 Å². The lowest BCUT2D eigenvalue weighted by Gasteiger charge is -2.06. The molecule has 0 aliphatic heterocycles. The van der Waals surface area contributed by atoms with Gasteiger partial charge in [-0.1, -0.05) is 12.1 Å². The fourth-order valence-electron chi connectivity index (χ4n) is 1.25. The van der Waals surface area contributed by atoms with Crippen LogP contribution < -0.4 is 4.74 Å². The van der Waals surface area contributed by atoms with Gasteiger partial charge in [0.15, 0.2) is 0 Å². The molecule has 0 spiro atoms. The molecule has 2 rings (SSSR count). The normalized spacial score (nSPS) is 10.8. The molecule has 0 saturated heterocycles. The Hall–Kier alpha value is -1.98. The van der Waals surface area contributed by atoms with E-state index in [1.165, 1.54) is 6.07 Å². The third-order valence-corrected chi connectivity index (χ3v) is 1.86. The maximum Gasteiger partial charge on any atom is 0.387 e. The number of aryl methyl sites for hydroxylation is 1. The van der Waals surface area contributed by atoms with Crippen molar-refractivity contribution in [3.63, 3.8) is 0 Å². The van der Waals surface area contributed by atoms with E-state index in [-0.39, 0.29) is 11.6 Å². The molecule has 1 heterocycles. The highest BCUT2D eigenvalue weighted by molar-refractivity contribution is 5.62. The number of halogens is 2. The smallest absolute Gasteiger partial charge is 0.387 e. The minimum atomic E-state index is -2.88. The molecule has 6 heteroatoms. The molecular formula is C10H8F2N2O2. The van der Waals surface area contributed by atoms with Crippen LogP contribution in [0.15, 0.2) is 28.7 Å². The number of benzene rings is 1. The molecule has 84 valence electrons. The molecule has 0 bridgehead atoms. The maximum absolute atomic E-state index is 12.1. The molecule has 4 nitrogen and oxygen atoms in total. The van der Waals surface area contributed by atoms with Crippen molar-refractivity contribution >= 4 is 0 Å². The number of ether oxygens (including phenoxy) is 1. The molecule has 0 N–H and O–H groups in total. The van der Waals surface area contributed by atoms with Crippen LogP contribution in [0.2, 0.25) is 0 Å². The molecule has 0 unspecified atom stereocenters. The van der Waals surface area contributed by atoms with E-state index < -0.39 is 6.61 Å². The second-order valence-electron chi connectivity index (χ2n) is 3.00. The first kappa shape index (κ1) is 10.5. The lowest BCUT2D eigenvalue weighted by atomic mass is 10.2. The second kappa shape index (κ2) is 4.26. The van der Waals surface area contributed by atoms with Gasteiger partial charge in [0.05, 0.1) is 5.56 Å². The molecule has 0 aliphatic rings. The van der Waals surface area contributed by atoms with Crippen molar-refractivity contribution in [2.75, 3.05) is 0 Å². The van der Waals surface area contributed by atoms with Crippen molar-refractivity contribution in [1.29, 1.82) is 0 Å². The Bertz CT molecular complexity index is 485. The summed E-state index contributed by atoms with van der Waals surface area (Å²) in [5, 5.41) is 7.37. The molecule has 1 aromatic carbocycles. The summed E-state index contributed by atoms with van der Waals surface area (Å²) in [6, 6.07) is 6.25. The number of hydrogen-bond donors (Lipinski definition) is 0. The monoisotopic (exact) mass is 226 g/mol. The minimum absolute atomic E-state index is 0.0150. The van der Waals surface area contributed by atoms with E-state index in [9.17, 15) is 8.78 Å². The third-order valence-electron chi connectivity index (χ3n) is 1.86. The van der Waals surface area contributed by atoms with Gasteiger partial charge in [-0.15, -0.1) is 10.2 Å². The van der Waals surface area contributed by atoms with Gasteiger partial charge >= 0.3 is 6.61 Å². The van der Waals surface area contributed by atoms with E-state index in [0.29, 0.717) is 11.5 Å². The van der Waals surface area contributed by atoms with Crippen LogP contribution in [0.4, 0.5) is 8.78 Å². The van der Waals surface area contributed by atoms with E-state index in [2.05, 4.69) is 14.9 Å². The van der Waals surface area contributed by atoms with Gasteiger partial charge in [0.2, 0.25) is 5.89 Å². The zero-order chi connectivity index (χ0) is 11.5. The van der Waals surface area contributed by atoms with Gasteiger partial charge in [-0.2, -0.15) is 8.78 Å². The van der Waals surface area contributed by atoms with Crippen molar-refractivity contribution < 1.29 is 17.9 Å². The van der Waals surface area contributed by atoms with Gasteiger partial charge in [0.25, 0.3) is 5.89 Å². The largest absolute Gasteiger partial charge is 0.434 e. The Morgan fingerprint density at radius 2 is 2.00 bits per heavy atom. The lowest BCUT2D eigenvalue weighted by molar-refractivity contribution is -0.0495. The summed E-state index contributed by atoms with van der Waals surface area (Å²) in [6.45, 7) is -1.27. The summed E-state index contributed by atoms with van der Waals surface area (Å²) in [7, 11) is 0. The van der Waals surface area contributed by atoms with E-state index >= 15 is 0 Å². The molecule has 0 saturated carbocycles. The molecule has 16 heavy (non-hydrogen) atoms. The average Bonchev–Trinajstić information content (AvgIpc) is 2.65. The van der Waals surface area contributed by atoms with Gasteiger partial charge in [0.1, 0.15) is 5.75 Å². The maximum atomic E-state index is 12.1. The summed E-state index contributed by atoms with van der Waals surface area (Å²) < 4.78 is 33.8. The highest BCUT2D eigenvalue weighted by Crippen LogP contribution is 2.29. The Balaban J connectivity index is 2.40. The molecule has 0 radical (unpaired) electrons. The Labute approximate surface area is 89.9 Å². The number of para-hydroxylation sites is 1. The van der Waals surface area contributed by atoms with Crippen molar-refractivity contribution in [2.24, 2.45) is 0 Å². The van der Waals surface area contributed by atoms with Gasteiger partial charge in [-0.05, 0) is 12.1 Å². The van der Waals surface area contributed by atoms with Crippen molar-refractivity contribution in [3.05, 3.63) is 30.2 Å². The van der Waals surface area contributed by atoms with Gasteiger partial charge in [-0.25, -0.2) is 0 Å². The lowest BCUT2D eigenvalue weighted by Crippen LogP contribution is -2.03. The van der Waals surface area contributed by atoms with Crippen LogP contribution >= 0.6 is 0 Å². The van der Waals surface area contributed by atoms with E-state index in [4.69, 9.17) is 4.42 Å². The standard InChI is InChI=1S/C10H8F2N2O2/c1-6-13-14-9(15-6)7-4-2-3-5-8(7)16-10(11)12/h2-5,10H,1H3. The SMILES string of the molecule is Cc1nnc(-c2ccccc2OC(F)F)o1. The number of nitrogens with zero attached hydrogens (tertiary/aromatic N) is 2. The van der Waals surface area contributed by atoms with Crippen molar-refractivity contribution in [2.45, 2.75) is 13.5 Å². The second-order valence-corrected chi connectivity index (χ2v) is 3.00. The summed E-state index contributed by atoms with van der Waals surface area (Å²) in [5.74, 6) is 0.539. The van der Waals surface area contributed by atoms with Crippen molar-refractivity contribution in [3.8, 4) is 17.2 Å². The van der Waals surface area contributed by atoms with Gasteiger partial charge in [0, 0.05) is 6.92 Å². The topological polar surface area (TPSA) is 48.2 Å². The van der Waals surface area contributed by atoms with Crippen LogP contribution in [0.3, 0.4) is 0 Å². The summed E-state index contributed by atoms with van der Waals surface area (Å²) in [6.07, 6.45) is 0. The van der Waals surface area contributed by atoms with E-state index in [1.54, 1.807) is 25.1 Å². The third kappa shape index (κ3) is 2.16. The zero-order valence-corrected chi connectivity index (χ0v) is 8.35. The Morgan fingerprint density at radius 3 is 2.62 bits per heavy atom. The number of aromatic nitrogens is 2. The number of hydrogen-bond acceptors (Lipinski definition) is 4. The van der Waals surface area contributed by atoms with Crippen molar-refractivity contribution in [1.82, 2.24) is 10.2 Å². The molecular weight excluding hydrogens is 218 g/mol. The average molecular weight is 226 g/mol. The van der Waals surface area contributed by atoms with E-state index in [1.807, 2.05) is 0 Å². The van der Waals surface area contributed by atoms with Crippen LogP contribution in [-0.2, 0) is 0 Å². The predicted molar refractivity (Wildman–Crippen MR) is 51.1 cm³/mol. The van der Waals surface area contributed by atoms with Crippen LogP contribution in [0.1, 0.15) is 5.89 Å². The minimum Gasteiger partial charge on any atom is -0.434 e. The first-order chi connectivity index (χ1) is 7.66. The fourth-order valence-corrected chi connectivity index (χ4v) is 1.25. The van der Waals surface area contributed by atoms with Crippen LogP contribution in [0.25, 0.3) is 11.5 Å². The van der Waals surface area contributed by atoms with Crippen LogP contribution in [0, 0.1) is 6.92 Å². The Morgan fingerprint density at radius 1 is 1.25 bits per heavy atom. The molecule has 0 fully saturated rings. The summed E-state index contributed by atoms with van der Waals surface area (Å²) in [5.41, 5.74) is 0.350. The molecule has 1 aromatic heterocycles. The number of alkyl halides is 2. The first-order valence-electron chi connectivity index (χ1n) is 4.51. The van der Waals surface area contributed by atoms with Gasteiger partial charge in [-0.3, -0.25) is 0 Å². The Kier molecular flexibility index (Phi) is 2.80. The van der Waals surface area contributed by atoms with Crippen LogP contribution in [0.5, 0.6) is 5.75 Å². The van der Waals surface area contributed by atoms with Crippen LogP contribution in [-0.4, -0.2) is 16.8 Å². The molecule has 0 amide bonds. The molecule has 0 atom stereocenters. The van der Waals surface area contributed by atoms with Gasteiger partial charge < -0.3 is 9.15 Å². The first-order valence-corrected chi connectivity index (χ1v) is 4.51. The highest BCUT2D eigenvalue weighted by Gasteiger charge is 2.14. The number of rotatable bonds is 3. The zero-order valence-electron chi connectivity index (χ0n) is 8.35. The highest BCUT2D eigenvalue weighted by atomic mass is 19.3. The predicted octanol–water partition coefficient (Wildman–Crippen LogP) is 2.65. The molecule has 2 aromatic rings.